The van der Waals surface area contributed by atoms with Gasteiger partial charge in [0.2, 0.25) is 0 Å². The van der Waals surface area contributed by atoms with Crippen LogP contribution in [-0.4, -0.2) is 55.8 Å². The van der Waals surface area contributed by atoms with Crippen molar-refractivity contribution in [2.75, 3.05) is 7.11 Å². The minimum atomic E-state index is 0.0310. The van der Waals surface area contributed by atoms with Gasteiger partial charge >= 0.3 is 0 Å². The van der Waals surface area contributed by atoms with Crippen molar-refractivity contribution in [2.24, 2.45) is 0 Å². The van der Waals surface area contributed by atoms with E-state index in [-0.39, 0.29) is 23.5 Å². The molecule has 3 aromatic rings. The summed E-state index contributed by atoms with van der Waals surface area (Å²) in [4.78, 5) is 4.03. The minimum Gasteiger partial charge on any atom is -0.507 e. The fourth-order valence-corrected chi connectivity index (χ4v) is 5.32. The van der Waals surface area contributed by atoms with Gasteiger partial charge in [0.1, 0.15) is 11.9 Å². The van der Waals surface area contributed by atoms with Crippen LogP contribution < -0.4 is 10.1 Å². The van der Waals surface area contributed by atoms with Crippen molar-refractivity contribution in [2.45, 2.75) is 50.0 Å². The number of hydrogen-bond acceptors (Lipinski definition) is 8. The Morgan fingerprint density at radius 1 is 1.31 bits per heavy atom. The van der Waals surface area contributed by atoms with Crippen molar-refractivity contribution in [3.63, 3.8) is 0 Å². The lowest BCUT2D eigenvalue weighted by Gasteiger charge is -2.35. The first-order valence-electron chi connectivity index (χ1n) is 9.65. The van der Waals surface area contributed by atoms with E-state index in [4.69, 9.17) is 9.47 Å². The van der Waals surface area contributed by atoms with Crippen LogP contribution in [0.15, 0.2) is 36.9 Å². The van der Waals surface area contributed by atoms with Crippen LogP contribution in [0.4, 0.5) is 0 Å². The molecule has 29 heavy (non-hydrogen) atoms. The number of fused-ring (bicyclic) bond motifs is 2. The van der Waals surface area contributed by atoms with Crippen LogP contribution in [0.5, 0.6) is 10.9 Å². The van der Waals surface area contributed by atoms with Crippen molar-refractivity contribution in [3.8, 4) is 27.2 Å². The molecule has 152 valence electrons. The molecule has 0 amide bonds. The van der Waals surface area contributed by atoms with Gasteiger partial charge in [0.05, 0.1) is 23.7 Å². The van der Waals surface area contributed by atoms with Gasteiger partial charge in [-0.05, 0) is 25.5 Å². The molecule has 2 aromatic heterocycles. The van der Waals surface area contributed by atoms with E-state index in [2.05, 4.69) is 27.4 Å². The number of aromatic nitrogens is 4. The molecule has 0 spiro atoms. The highest BCUT2D eigenvalue weighted by molar-refractivity contribution is 7.16. The SMILES string of the molecule is CO[C@@H]1C[C@@]2(C)C[C@H](Oc3nnc(-c4ccc(-n5ccnc5)cc4O)s3)CC1N2. The molecule has 4 heterocycles. The number of phenolic OH excluding ortho intramolecular Hbond substituents is 1. The summed E-state index contributed by atoms with van der Waals surface area (Å²) >= 11 is 1.35. The number of nitrogens with zero attached hydrogens (tertiary/aromatic N) is 4. The number of aromatic hydroxyl groups is 1. The molecule has 0 radical (unpaired) electrons. The van der Waals surface area contributed by atoms with Crippen LogP contribution in [0.1, 0.15) is 26.2 Å². The zero-order valence-corrected chi connectivity index (χ0v) is 17.1. The molecule has 2 saturated heterocycles. The number of methoxy groups -OCH3 is 1. The van der Waals surface area contributed by atoms with Gasteiger partial charge in [-0.25, -0.2) is 4.98 Å². The molecular weight excluding hydrogens is 390 g/mol. The second kappa shape index (κ2) is 7.08. The van der Waals surface area contributed by atoms with Gasteiger partial charge in [-0.15, -0.1) is 5.10 Å². The van der Waals surface area contributed by atoms with Gasteiger partial charge in [0.25, 0.3) is 5.19 Å². The van der Waals surface area contributed by atoms with Crippen molar-refractivity contribution in [1.29, 1.82) is 0 Å². The Morgan fingerprint density at radius 2 is 2.21 bits per heavy atom. The molecule has 0 aliphatic carbocycles. The summed E-state index contributed by atoms with van der Waals surface area (Å²) < 4.78 is 13.6. The second-order valence-corrected chi connectivity index (χ2v) is 8.95. The maximum atomic E-state index is 10.5. The van der Waals surface area contributed by atoms with Crippen molar-refractivity contribution < 1.29 is 14.6 Å². The van der Waals surface area contributed by atoms with Gasteiger partial charge in [0.15, 0.2) is 5.01 Å². The van der Waals surface area contributed by atoms with E-state index >= 15 is 0 Å². The van der Waals surface area contributed by atoms with Crippen LogP contribution in [0.25, 0.3) is 16.3 Å². The first kappa shape index (κ1) is 18.5. The molecule has 4 atom stereocenters. The summed E-state index contributed by atoms with van der Waals surface area (Å²) in [5.74, 6) is 0.147. The summed E-state index contributed by atoms with van der Waals surface area (Å²) in [6, 6.07) is 5.74. The standard InChI is InChI=1S/C20H23N5O3S/c1-20-9-13(8-15(22-20)17(10-20)27-2)28-19-24-23-18(29-19)14-4-3-12(7-16(14)26)25-6-5-21-11-25/h3-7,11,13,15,17,22,26H,8-10H2,1-2H3/t13-,15?,17-,20-/m1/s1. The topological polar surface area (TPSA) is 94.3 Å². The van der Waals surface area contributed by atoms with Gasteiger partial charge in [-0.3, -0.25) is 0 Å². The molecule has 2 fully saturated rings. The van der Waals surface area contributed by atoms with Crippen LogP contribution >= 0.6 is 11.3 Å². The fourth-order valence-electron chi connectivity index (χ4n) is 4.53. The smallest absolute Gasteiger partial charge is 0.294 e. The normalized spacial score (nSPS) is 28.6. The fraction of sp³-hybridized carbons (Fsp3) is 0.450. The van der Waals surface area contributed by atoms with Crippen molar-refractivity contribution >= 4 is 11.3 Å². The zero-order valence-electron chi connectivity index (χ0n) is 16.3. The number of phenols is 1. The summed E-state index contributed by atoms with van der Waals surface area (Å²) in [6.07, 6.45) is 8.29. The van der Waals surface area contributed by atoms with Gasteiger partial charge in [-0.2, -0.15) is 0 Å². The Balaban J connectivity index is 1.31. The molecule has 2 N–H and O–H groups in total. The summed E-state index contributed by atoms with van der Waals surface area (Å²) in [5, 5.41) is 23.7. The highest BCUT2D eigenvalue weighted by Crippen LogP contribution is 2.40. The average Bonchev–Trinajstić information content (AvgIpc) is 3.41. The Labute approximate surface area is 172 Å². The average molecular weight is 414 g/mol. The van der Waals surface area contributed by atoms with E-state index in [0.29, 0.717) is 21.8 Å². The molecule has 1 aromatic carbocycles. The summed E-state index contributed by atoms with van der Waals surface area (Å²) in [6.45, 7) is 2.22. The highest BCUT2D eigenvalue weighted by Gasteiger charge is 2.48. The predicted molar refractivity (Wildman–Crippen MR) is 109 cm³/mol. The third-order valence-electron chi connectivity index (χ3n) is 5.82. The van der Waals surface area contributed by atoms with Gasteiger partial charge in [-0.1, -0.05) is 16.4 Å². The second-order valence-electron chi connectivity index (χ2n) is 8.01. The Bertz CT molecular complexity index is 1010. The summed E-state index contributed by atoms with van der Waals surface area (Å²) in [5.41, 5.74) is 1.50. The van der Waals surface area contributed by atoms with E-state index < -0.39 is 0 Å². The predicted octanol–water partition coefficient (Wildman–Crippen LogP) is 2.77. The molecule has 2 aliphatic heterocycles. The molecule has 9 heteroatoms. The van der Waals surface area contributed by atoms with E-state index in [9.17, 15) is 5.11 Å². The maximum absolute atomic E-state index is 10.5. The number of rotatable bonds is 5. The number of piperidine rings is 1. The van der Waals surface area contributed by atoms with E-state index in [0.717, 1.165) is 24.9 Å². The number of benzene rings is 1. The van der Waals surface area contributed by atoms with Crippen LogP contribution in [0.2, 0.25) is 0 Å². The Hall–Kier alpha value is -2.49. The van der Waals surface area contributed by atoms with Crippen LogP contribution in [0, 0.1) is 0 Å². The Kier molecular flexibility index (Phi) is 4.53. The van der Waals surface area contributed by atoms with Gasteiger partial charge in [0, 0.05) is 50.0 Å². The lowest BCUT2D eigenvalue weighted by Crippen LogP contribution is -2.51. The maximum Gasteiger partial charge on any atom is 0.294 e. The van der Waals surface area contributed by atoms with E-state index in [1.165, 1.54) is 11.3 Å². The van der Waals surface area contributed by atoms with Crippen LogP contribution in [0.3, 0.4) is 0 Å². The number of ether oxygens (including phenoxy) is 2. The molecule has 5 rings (SSSR count). The molecule has 2 bridgehead atoms. The third-order valence-corrected chi connectivity index (χ3v) is 6.67. The van der Waals surface area contributed by atoms with Gasteiger partial charge < -0.3 is 24.5 Å². The lowest BCUT2D eigenvalue weighted by atomic mass is 9.91. The monoisotopic (exact) mass is 413 g/mol. The lowest BCUT2D eigenvalue weighted by molar-refractivity contribution is 0.0701. The Morgan fingerprint density at radius 3 is 2.97 bits per heavy atom. The minimum absolute atomic E-state index is 0.0310. The van der Waals surface area contributed by atoms with Crippen molar-refractivity contribution in [1.82, 2.24) is 25.1 Å². The van der Waals surface area contributed by atoms with E-state index in [1.807, 2.05) is 22.9 Å². The molecule has 1 unspecified atom stereocenters. The molecular formula is C20H23N5O3S. The van der Waals surface area contributed by atoms with E-state index in [1.54, 1.807) is 25.7 Å². The molecule has 0 saturated carbocycles. The highest BCUT2D eigenvalue weighted by atomic mass is 32.1. The first-order chi connectivity index (χ1) is 14.0. The van der Waals surface area contributed by atoms with Crippen molar-refractivity contribution in [3.05, 3.63) is 36.9 Å². The number of imidazole rings is 1. The summed E-state index contributed by atoms with van der Waals surface area (Å²) in [7, 11) is 1.77. The molecule has 2 aliphatic rings. The first-order valence-corrected chi connectivity index (χ1v) is 10.5. The number of hydrogen-bond donors (Lipinski definition) is 2. The number of nitrogens with one attached hydrogen (secondary N) is 1. The van der Waals surface area contributed by atoms with Crippen LogP contribution in [-0.2, 0) is 4.74 Å². The molecule has 8 nitrogen and oxygen atoms in total. The zero-order chi connectivity index (χ0) is 20.0. The largest absolute Gasteiger partial charge is 0.507 e. The third kappa shape index (κ3) is 3.50. The quantitative estimate of drug-likeness (QED) is 0.664.